The number of nitrogens with zero attached hydrogens (tertiary/aromatic N) is 1. The van der Waals surface area contributed by atoms with Crippen molar-refractivity contribution in [2.24, 2.45) is 0 Å². The summed E-state index contributed by atoms with van der Waals surface area (Å²) in [6.45, 7) is 11.5. The number of pyridine rings is 1. The van der Waals surface area contributed by atoms with Crippen LogP contribution in [0.2, 0.25) is 0 Å². The highest BCUT2D eigenvalue weighted by Crippen LogP contribution is 2.21. The molecule has 0 aromatic carbocycles. The quantitative estimate of drug-likeness (QED) is 0.881. The molecular weight excluding hydrogens is 252 g/mol. The first-order valence-electron chi connectivity index (χ1n) is 6.89. The van der Waals surface area contributed by atoms with Crippen LogP contribution < -0.4 is 5.32 Å². The SMILES string of the molecule is C/C=C(\CC)c1cnc(NC(=O)OC(C)(C)C)c(C)c1. The molecule has 0 fully saturated rings. The van der Waals surface area contributed by atoms with Gasteiger partial charge in [-0.05, 0) is 63.8 Å². The number of aryl methyl sites for hydroxylation is 1. The van der Waals surface area contributed by atoms with E-state index in [1.54, 1.807) is 6.20 Å². The summed E-state index contributed by atoms with van der Waals surface area (Å²) >= 11 is 0. The molecule has 0 atom stereocenters. The predicted octanol–water partition coefficient (Wildman–Crippen LogP) is 4.55. The lowest BCUT2D eigenvalue weighted by Crippen LogP contribution is -2.27. The molecule has 0 aliphatic carbocycles. The first-order chi connectivity index (χ1) is 9.26. The molecular formula is C16H24N2O2. The maximum Gasteiger partial charge on any atom is 0.413 e. The van der Waals surface area contributed by atoms with Crippen molar-refractivity contribution in [1.82, 2.24) is 4.98 Å². The van der Waals surface area contributed by atoms with Gasteiger partial charge in [-0.15, -0.1) is 0 Å². The zero-order valence-electron chi connectivity index (χ0n) is 13.2. The molecule has 1 aromatic heterocycles. The molecule has 20 heavy (non-hydrogen) atoms. The molecule has 4 heteroatoms. The van der Waals surface area contributed by atoms with Crippen LogP contribution in [0, 0.1) is 6.92 Å². The van der Waals surface area contributed by atoms with Crippen molar-refractivity contribution >= 4 is 17.5 Å². The lowest BCUT2D eigenvalue weighted by atomic mass is 10.0. The number of amides is 1. The number of hydrogen-bond donors (Lipinski definition) is 1. The van der Waals surface area contributed by atoms with E-state index in [1.807, 2.05) is 40.7 Å². The van der Waals surface area contributed by atoms with Gasteiger partial charge in [0.2, 0.25) is 0 Å². The van der Waals surface area contributed by atoms with Crippen LogP contribution in [0.5, 0.6) is 0 Å². The van der Waals surface area contributed by atoms with Gasteiger partial charge in [-0.25, -0.2) is 9.78 Å². The van der Waals surface area contributed by atoms with Crippen LogP contribution >= 0.6 is 0 Å². The molecule has 0 aliphatic heterocycles. The van der Waals surface area contributed by atoms with Crippen molar-refractivity contribution in [3.8, 4) is 0 Å². The standard InChI is InChI=1S/C16H24N2O2/c1-7-12(8-2)13-9-11(3)14(17-10-13)18-15(19)20-16(4,5)6/h7,9-10H,8H2,1-6H3,(H,17,18,19)/b12-7+. The van der Waals surface area contributed by atoms with E-state index in [1.165, 1.54) is 5.57 Å². The van der Waals surface area contributed by atoms with Crippen LogP contribution in [0.3, 0.4) is 0 Å². The average Bonchev–Trinajstić information content (AvgIpc) is 2.31. The Balaban J connectivity index is 2.87. The second-order valence-corrected chi connectivity index (χ2v) is 5.68. The number of hydrogen-bond acceptors (Lipinski definition) is 3. The van der Waals surface area contributed by atoms with Gasteiger partial charge >= 0.3 is 6.09 Å². The molecule has 110 valence electrons. The number of rotatable bonds is 3. The number of carbonyl (C=O) groups excluding carboxylic acids is 1. The summed E-state index contributed by atoms with van der Waals surface area (Å²) < 4.78 is 5.22. The number of allylic oxidation sites excluding steroid dienone is 2. The smallest absolute Gasteiger partial charge is 0.413 e. The van der Waals surface area contributed by atoms with E-state index in [2.05, 4.69) is 23.3 Å². The summed E-state index contributed by atoms with van der Waals surface area (Å²) in [7, 11) is 0. The van der Waals surface area contributed by atoms with Crippen molar-refractivity contribution in [3.63, 3.8) is 0 Å². The van der Waals surface area contributed by atoms with E-state index in [4.69, 9.17) is 4.74 Å². The lowest BCUT2D eigenvalue weighted by molar-refractivity contribution is 0.0635. The Morgan fingerprint density at radius 1 is 1.45 bits per heavy atom. The summed E-state index contributed by atoms with van der Waals surface area (Å²) in [4.78, 5) is 16.0. The molecule has 0 saturated carbocycles. The van der Waals surface area contributed by atoms with Crippen LogP contribution in [-0.2, 0) is 4.74 Å². The average molecular weight is 276 g/mol. The molecule has 0 spiro atoms. The van der Waals surface area contributed by atoms with E-state index in [-0.39, 0.29) is 0 Å². The number of nitrogens with one attached hydrogen (secondary N) is 1. The third-order valence-corrected chi connectivity index (χ3v) is 2.80. The van der Waals surface area contributed by atoms with E-state index in [9.17, 15) is 4.79 Å². The van der Waals surface area contributed by atoms with Crippen LogP contribution in [0.4, 0.5) is 10.6 Å². The maximum absolute atomic E-state index is 11.7. The third kappa shape index (κ3) is 4.68. The van der Waals surface area contributed by atoms with Crippen LogP contribution in [0.25, 0.3) is 5.57 Å². The van der Waals surface area contributed by atoms with Crippen molar-refractivity contribution in [2.45, 2.75) is 53.6 Å². The maximum atomic E-state index is 11.7. The molecule has 0 radical (unpaired) electrons. The first-order valence-corrected chi connectivity index (χ1v) is 6.89. The monoisotopic (exact) mass is 276 g/mol. The topological polar surface area (TPSA) is 51.2 Å². The summed E-state index contributed by atoms with van der Waals surface area (Å²) in [6, 6.07) is 2.03. The fourth-order valence-electron chi connectivity index (χ4n) is 1.86. The number of anilines is 1. The Labute approximate surface area is 121 Å². The normalized spacial score (nSPS) is 12.2. The van der Waals surface area contributed by atoms with E-state index in [0.29, 0.717) is 5.82 Å². The van der Waals surface area contributed by atoms with Crippen molar-refractivity contribution < 1.29 is 9.53 Å². The molecule has 0 saturated heterocycles. The lowest BCUT2D eigenvalue weighted by Gasteiger charge is -2.20. The molecule has 0 aliphatic rings. The molecule has 1 heterocycles. The first kappa shape index (κ1) is 16.2. The van der Waals surface area contributed by atoms with Gasteiger partial charge < -0.3 is 4.74 Å². The van der Waals surface area contributed by atoms with Crippen molar-refractivity contribution in [3.05, 3.63) is 29.5 Å². The van der Waals surface area contributed by atoms with Crippen LogP contribution in [-0.4, -0.2) is 16.7 Å². The Morgan fingerprint density at radius 3 is 2.55 bits per heavy atom. The Kier molecular flexibility index (Phi) is 5.31. The van der Waals surface area contributed by atoms with Gasteiger partial charge in [-0.3, -0.25) is 5.32 Å². The molecule has 1 rings (SSSR count). The van der Waals surface area contributed by atoms with Crippen LogP contribution in [0.15, 0.2) is 18.3 Å². The molecule has 0 unspecified atom stereocenters. The third-order valence-electron chi connectivity index (χ3n) is 2.80. The van der Waals surface area contributed by atoms with E-state index in [0.717, 1.165) is 17.5 Å². The summed E-state index contributed by atoms with van der Waals surface area (Å²) in [5.41, 5.74) is 2.73. The second kappa shape index (κ2) is 6.55. The fraction of sp³-hybridized carbons (Fsp3) is 0.500. The summed E-state index contributed by atoms with van der Waals surface area (Å²) in [5, 5.41) is 2.68. The van der Waals surface area contributed by atoms with E-state index < -0.39 is 11.7 Å². The van der Waals surface area contributed by atoms with Crippen LogP contribution in [0.1, 0.15) is 52.2 Å². The van der Waals surface area contributed by atoms with Gasteiger partial charge in [-0.1, -0.05) is 13.0 Å². The summed E-state index contributed by atoms with van der Waals surface area (Å²) in [5.74, 6) is 0.537. The van der Waals surface area contributed by atoms with Crippen molar-refractivity contribution in [1.29, 1.82) is 0 Å². The van der Waals surface area contributed by atoms with Gasteiger partial charge in [0.15, 0.2) is 0 Å². The van der Waals surface area contributed by atoms with Gasteiger partial charge in [0.05, 0.1) is 0 Å². The highest BCUT2D eigenvalue weighted by Gasteiger charge is 2.17. The van der Waals surface area contributed by atoms with Gasteiger partial charge in [0.1, 0.15) is 11.4 Å². The number of ether oxygens (including phenoxy) is 1. The zero-order chi connectivity index (χ0) is 15.3. The molecule has 0 bridgehead atoms. The Morgan fingerprint density at radius 2 is 2.10 bits per heavy atom. The minimum Gasteiger partial charge on any atom is -0.444 e. The second-order valence-electron chi connectivity index (χ2n) is 5.68. The van der Waals surface area contributed by atoms with Gasteiger partial charge in [-0.2, -0.15) is 0 Å². The largest absolute Gasteiger partial charge is 0.444 e. The number of carbonyl (C=O) groups is 1. The van der Waals surface area contributed by atoms with Crippen molar-refractivity contribution in [2.75, 3.05) is 5.32 Å². The summed E-state index contributed by atoms with van der Waals surface area (Å²) in [6.07, 6.45) is 4.33. The van der Waals surface area contributed by atoms with E-state index >= 15 is 0 Å². The number of aromatic nitrogens is 1. The van der Waals surface area contributed by atoms with Gasteiger partial charge in [0.25, 0.3) is 0 Å². The highest BCUT2D eigenvalue weighted by atomic mass is 16.6. The fourth-order valence-corrected chi connectivity index (χ4v) is 1.86. The molecule has 1 N–H and O–H groups in total. The minimum atomic E-state index is -0.516. The Bertz CT molecular complexity index is 514. The zero-order valence-corrected chi connectivity index (χ0v) is 13.2. The Hall–Kier alpha value is -1.84. The molecule has 1 amide bonds. The predicted molar refractivity (Wildman–Crippen MR) is 82.8 cm³/mol. The highest BCUT2D eigenvalue weighted by molar-refractivity contribution is 5.84. The molecule has 1 aromatic rings. The minimum absolute atomic E-state index is 0.484. The molecule has 4 nitrogen and oxygen atoms in total. The van der Waals surface area contributed by atoms with Gasteiger partial charge in [0, 0.05) is 6.20 Å².